The van der Waals surface area contributed by atoms with Crippen molar-refractivity contribution in [2.24, 2.45) is 0 Å². The van der Waals surface area contributed by atoms with Crippen LogP contribution in [0.3, 0.4) is 0 Å². The third-order valence-corrected chi connectivity index (χ3v) is 2.59. The summed E-state index contributed by atoms with van der Waals surface area (Å²) in [5.74, 6) is 0.138. The molecule has 0 amide bonds. The Hall–Kier alpha value is -1.40. The van der Waals surface area contributed by atoms with E-state index in [1.54, 1.807) is 18.2 Å². The Kier molecular flexibility index (Phi) is 4.72. The zero-order valence-corrected chi connectivity index (χ0v) is 9.77. The normalized spacial score (nSPS) is 19.8. The van der Waals surface area contributed by atoms with Gasteiger partial charge in [-0.15, -0.1) is 0 Å². The summed E-state index contributed by atoms with van der Waals surface area (Å²) in [6.45, 7) is -1.36. The minimum absolute atomic E-state index is 0.0263. The number of nitrogens with one attached hydrogen (secondary N) is 1. The van der Waals surface area contributed by atoms with Crippen LogP contribution in [-0.2, 0) is 9.47 Å². The van der Waals surface area contributed by atoms with E-state index in [9.17, 15) is 8.78 Å². The Labute approximate surface area is 104 Å². The van der Waals surface area contributed by atoms with Gasteiger partial charge in [0.1, 0.15) is 12.5 Å². The van der Waals surface area contributed by atoms with E-state index in [0.29, 0.717) is 18.8 Å². The molecule has 2 rings (SSSR count). The van der Waals surface area contributed by atoms with Crippen LogP contribution in [0.15, 0.2) is 24.3 Å². The van der Waals surface area contributed by atoms with Gasteiger partial charge in [-0.1, -0.05) is 12.1 Å². The van der Waals surface area contributed by atoms with Crippen molar-refractivity contribution in [3.05, 3.63) is 24.3 Å². The molecule has 1 N–H and O–H groups in total. The fourth-order valence-electron chi connectivity index (χ4n) is 1.70. The van der Waals surface area contributed by atoms with Crippen molar-refractivity contribution in [1.29, 1.82) is 0 Å². The van der Waals surface area contributed by atoms with Gasteiger partial charge in [0, 0.05) is 6.54 Å². The number of hydrogen-bond acceptors (Lipinski definition) is 4. The molecule has 0 saturated carbocycles. The first-order valence-electron chi connectivity index (χ1n) is 5.73. The van der Waals surface area contributed by atoms with Gasteiger partial charge >= 0.3 is 6.61 Å². The molecule has 0 bridgehead atoms. The first-order valence-corrected chi connectivity index (χ1v) is 5.73. The SMILES string of the molecule is FC(F)Oc1ccccc1NCC1CCOCO1. The van der Waals surface area contributed by atoms with E-state index >= 15 is 0 Å². The minimum Gasteiger partial charge on any atom is -0.433 e. The van der Waals surface area contributed by atoms with Crippen molar-refractivity contribution in [3.8, 4) is 5.75 Å². The van der Waals surface area contributed by atoms with E-state index in [1.807, 2.05) is 0 Å². The average Bonchev–Trinajstić information content (AvgIpc) is 2.38. The molecule has 1 aliphatic rings. The zero-order chi connectivity index (χ0) is 12.8. The van der Waals surface area contributed by atoms with Crippen molar-refractivity contribution >= 4 is 5.69 Å². The molecule has 1 aromatic rings. The van der Waals surface area contributed by atoms with E-state index in [2.05, 4.69) is 10.1 Å². The zero-order valence-electron chi connectivity index (χ0n) is 9.77. The summed E-state index contributed by atoms with van der Waals surface area (Å²) < 4.78 is 39.2. The van der Waals surface area contributed by atoms with Gasteiger partial charge in [-0.2, -0.15) is 8.78 Å². The number of anilines is 1. The average molecular weight is 259 g/mol. The second kappa shape index (κ2) is 6.51. The van der Waals surface area contributed by atoms with Crippen LogP contribution in [0.2, 0.25) is 0 Å². The molecule has 1 atom stereocenters. The van der Waals surface area contributed by atoms with E-state index in [-0.39, 0.29) is 18.6 Å². The van der Waals surface area contributed by atoms with Gasteiger partial charge < -0.3 is 19.5 Å². The van der Waals surface area contributed by atoms with E-state index in [4.69, 9.17) is 9.47 Å². The maximum absolute atomic E-state index is 12.2. The van der Waals surface area contributed by atoms with Crippen molar-refractivity contribution in [1.82, 2.24) is 0 Å². The lowest BCUT2D eigenvalue weighted by Gasteiger charge is -2.23. The highest BCUT2D eigenvalue weighted by atomic mass is 19.3. The molecular weight excluding hydrogens is 244 g/mol. The summed E-state index contributed by atoms with van der Waals surface area (Å²) in [6.07, 6.45) is 0.809. The molecule has 18 heavy (non-hydrogen) atoms. The second-order valence-electron chi connectivity index (χ2n) is 3.86. The number of hydrogen-bond donors (Lipinski definition) is 1. The Balaban J connectivity index is 1.91. The third-order valence-electron chi connectivity index (χ3n) is 2.59. The molecule has 1 heterocycles. The standard InChI is InChI=1S/C12H15F2NO3/c13-12(14)18-11-4-2-1-3-10(11)15-7-9-5-6-16-8-17-9/h1-4,9,12,15H,5-8H2. The second-order valence-corrected chi connectivity index (χ2v) is 3.86. The fraction of sp³-hybridized carbons (Fsp3) is 0.500. The quantitative estimate of drug-likeness (QED) is 0.881. The molecule has 0 spiro atoms. The number of alkyl halides is 2. The van der Waals surface area contributed by atoms with E-state index in [0.717, 1.165) is 6.42 Å². The van der Waals surface area contributed by atoms with Crippen molar-refractivity contribution < 1.29 is 23.0 Å². The lowest BCUT2D eigenvalue weighted by molar-refractivity contribution is -0.133. The van der Waals surface area contributed by atoms with Gasteiger partial charge in [-0.05, 0) is 18.6 Å². The summed E-state index contributed by atoms with van der Waals surface area (Å²) in [5.41, 5.74) is 0.535. The third kappa shape index (κ3) is 3.82. The highest BCUT2D eigenvalue weighted by molar-refractivity contribution is 5.56. The van der Waals surface area contributed by atoms with Gasteiger partial charge in [-0.3, -0.25) is 0 Å². The molecule has 1 aliphatic heterocycles. The lowest BCUT2D eigenvalue weighted by Crippen LogP contribution is -2.30. The number of ether oxygens (including phenoxy) is 3. The van der Waals surface area contributed by atoms with Crippen LogP contribution in [-0.4, -0.2) is 32.7 Å². The molecule has 0 aromatic heterocycles. The van der Waals surface area contributed by atoms with Crippen molar-refractivity contribution in [2.75, 3.05) is 25.3 Å². The fourth-order valence-corrected chi connectivity index (χ4v) is 1.70. The van der Waals surface area contributed by atoms with Crippen molar-refractivity contribution in [2.45, 2.75) is 19.1 Å². The maximum Gasteiger partial charge on any atom is 0.387 e. The van der Waals surface area contributed by atoms with Crippen LogP contribution in [0, 0.1) is 0 Å². The van der Waals surface area contributed by atoms with Gasteiger partial charge in [0.05, 0.1) is 18.4 Å². The van der Waals surface area contributed by atoms with Gasteiger partial charge in [-0.25, -0.2) is 0 Å². The Morgan fingerprint density at radius 3 is 2.94 bits per heavy atom. The molecule has 4 nitrogen and oxygen atoms in total. The summed E-state index contributed by atoms with van der Waals surface area (Å²) in [7, 11) is 0. The number of rotatable bonds is 5. The van der Waals surface area contributed by atoms with Crippen LogP contribution in [0.1, 0.15) is 6.42 Å². The first-order chi connectivity index (χ1) is 8.75. The van der Waals surface area contributed by atoms with Crippen molar-refractivity contribution in [3.63, 3.8) is 0 Å². The molecule has 6 heteroatoms. The summed E-state index contributed by atoms with van der Waals surface area (Å²) in [5, 5.41) is 3.05. The molecule has 1 unspecified atom stereocenters. The number of halogens is 2. The smallest absolute Gasteiger partial charge is 0.387 e. The Morgan fingerprint density at radius 1 is 1.39 bits per heavy atom. The van der Waals surface area contributed by atoms with Gasteiger partial charge in [0.25, 0.3) is 0 Å². The van der Waals surface area contributed by atoms with E-state index in [1.165, 1.54) is 6.07 Å². The van der Waals surface area contributed by atoms with Crippen LogP contribution >= 0.6 is 0 Å². The number of benzene rings is 1. The monoisotopic (exact) mass is 259 g/mol. The maximum atomic E-state index is 12.2. The Morgan fingerprint density at radius 2 is 2.22 bits per heavy atom. The topological polar surface area (TPSA) is 39.7 Å². The van der Waals surface area contributed by atoms with Gasteiger partial charge in [0.15, 0.2) is 0 Å². The highest BCUT2D eigenvalue weighted by Crippen LogP contribution is 2.25. The van der Waals surface area contributed by atoms with Crippen LogP contribution < -0.4 is 10.1 Å². The molecule has 0 aliphatic carbocycles. The minimum atomic E-state index is -2.83. The largest absolute Gasteiger partial charge is 0.433 e. The number of para-hydroxylation sites is 2. The van der Waals surface area contributed by atoms with Crippen LogP contribution in [0.25, 0.3) is 0 Å². The van der Waals surface area contributed by atoms with Crippen LogP contribution in [0.5, 0.6) is 5.75 Å². The predicted molar refractivity (Wildman–Crippen MR) is 61.9 cm³/mol. The van der Waals surface area contributed by atoms with Crippen LogP contribution in [0.4, 0.5) is 14.5 Å². The first kappa shape index (κ1) is 13.0. The summed E-state index contributed by atoms with van der Waals surface area (Å²) in [4.78, 5) is 0. The summed E-state index contributed by atoms with van der Waals surface area (Å²) in [6, 6.07) is 6.59. The molecule has 1 aromatic carbocycles. The molecule has 0 radical (unpaired) electrons. The summed E-state index contributed by atoms with van der Waals surface area (Å²) >= 11 is 0. The van der Waals surface area contributed by atoms with Gasteiger partial charge in [0.2, 0.25) is 0 Å². The molecule has 100 valence electrons. The lowest BCUT2D eigenvalue weighted by atomic mass is 10.2. The Bertz CT molecular complexity index is 370. The molecular formula is C12H15F2NO3. The molecule has 1 saturated heterocycles. The van der Waals surface area contributed by atoms with E-state index < -0.39 is 6.61 Å². The predicted octanol–water partition coefficient (Wildman–Crippen LogP) is 2.46. The molecule has 1 fully saturated rings. The highest BCUT2D eigenvalue weighted by Gasteiger charge is 2.15.